The summed E-state index contributed by atoms with van der Waals surface area (Å²) in [6, 6.07) is 55.8. The van der Waals surface area contributed by atoms with Crippen molar-refractivity contribution in [3.8, 4) is 39.1 Å². The molecule has 0 aliphatic heterocycles. The number of rotatable bonds is 3. The number of hydrogen-bond acceptors (Lipinski definition) is 0. The Labute approximate surface area is 257 Å². The third-order valence-corrected chi connectivity index (χ3v) is 9.72. The maximum absolute atomic E-state index is 2.49. The van der Waals surface area contributed by atoms with Gasteiger partial charge >= 0.3 is 0 Å². The van der Waals surface area contributed by atoms with Crippen molar-refractivity contribution in [2.24, 2.45) is 0 Å². The minimum absolute atomic E-state index is 0.123. The van der Waals surface area contributed by atoms with Crippen LogP contribution in [-0.4, -0.2) is 4.57 Å². The maximum atomic E-state index is 2.49. The van der Waals surface area contributed by atoms with Gasteiger partial charge in [-0.3, -0.25) is 0 Å². The summed E-state index contributed by atoms with van der Waals surface area (Å²) in [4.78, 5) is 0. The van der Waals surface area contributed by atoms with Gasteiger partial charge in [0.1, 0.15) is 0 Å². The molecule has 208 valence electrons. The first-order chi connectivity index (χ1) is 21.6. The summed E-state index contributed by atoms with van der Waals surface area (Å²) in [6.45, 7) is 4.79. The van der Waals surface area contributed by atoms with Gasteiger partial charge in [-0.2, -0.15) is 0 Å². The first kappa shape index (κ1) is 25.1. The van der Waals surface area contributed by atoms with E-state index in [2.05, 4.69) is 170 Å². The molecule has 7 aromatic carbocycles. The highest BCUT2D eigenvalue weighted by molar-refractivity contribution is 6.12. The summed E-state index contributed by atoms with van der Waals surface area (Å²) in [5.41, 5.74) is 13.9. The molecule has 44 heavy (non-hydrogen) atoms. The number of nitrogens with zero attached hydrogens (tertiary/aromatic N) is 1. The van der Waals surface area contributed by atoms with Crippen LogP contribution >= 0.6 is 0 Å². The van der Waals surface area contributed by atoms with Gasteiger partial charge in [0.2, 0.25) is 0 Å². The van der Waals surface area contributed by atoms with Gasteiger partial charge in [-0.05, 0) is 91.7 Å². The van der Waals surface area contributed by atoms with Crippen LogP contribution in [0.5, 0.6) is 0 Å². The molecule has 8 aromatic rings. The number of fused-ring (bicyclic) bond motifs is 8. The molecule has 1 aliphatic carbocycles. The van der Waals surface area contributed by atoms with Crippen molar-refractivity contribution >= 4 is 32.6 Å². The lowest BCUT2D eigenvalue weighted by Crippen LogP contribution is -2.15. The Hall–Kier alpha value is -5.40. The van der Waals surface area contributed by atoms with E-state index >= 15 is 0 Å². The first-order valence-corrected chi connectivity index (χ1v) is 15.4. The summed E-state index contributed by atoms with van der Waals surface area (Å²) in [5.74, 6) is 0. The number of hydrogen-bond donors (Lipinski definition) is 0. The molecule has 0 N–H and O–H groups in total. The summed E-state index contributed by atoms with van der Waals surface area (Å²) < 4.78 is 2.49. The molecule has 9 rings (SSSR count). The highest BCUT2D eigenvalue weighted by Crippen LogP contribution is 2.53. The molecule has 0 atom stereocenters. The fourth-order valence-electron chi connectivity index (χ4n) is 7.67. The lowest BCUT2D eigenvalue weighted by Gasteiger charge is -2.23. The number of para-hydroxylation sites is 1. The van der Waals surface area contributed by atoms with Crippen LogP contribution in [0.4, 0.5) is 0 Å². The molecular weight excluding hydrogens is 530 g/mol. The predicted octanol–water partition coefficient (Wildman–Crippen LogP) is 11.6. The van der Waals surface area contributed by atoms with E-state index in [4.69, 9.17) is 0 Å². The molecule has 0 saturated heterocycles. The van der Waals surface area contributed by atoms with Crippen LogP contribution in [0.3, 0.4) is 0 Å². The van der Waals surface area contributed by atoms with Crippen LogP contribution in [0.15, 0.2) is 152 Å². The van der Waals surface area contributed by atoms with Crippen LogP contribution in [-0.2, 0) is 5.41 Å². The molecule has 0 spiro atoms. The van der Waals surface area contributed by atoms with E-state index in [9.17, 15) is 0 Å². The van der Waals surface area contributed by atoms with Gasteiger partial charge in [0.15, 0.2) is 0 Å². The fourth-order valence-corrected chi connectivity index (χ4v) is 7.67. The van der Waals surface area contributed by atoms with Crippen molar-refractivity contribution in [3.05, 3.63) is 163 Å². The zero-order valence-corrected chi connectivity index (χ0v) is 24.9. The molecule has 0 radical (unpaired) electrons. The Bertz CT molecular complexity index is 2330. The SMILES string of the molecule is CC1(C)c2cc3c(cc2-c2ccc4ccccc4c21)c1ccccc1n3-c1cc(-c2ccccc2)cc(-c2ccccc2)c1. The standard InChI is InChI=1S/C43H31N/c1-43(2)39-27-41-38(26-37(39)36-22-21-30-17-9-10-18-34(30)42(36)43)35-19-11-12-20-40(35)44(41)33-24-31(28-13-5-3-6-14-28)23-32(25-33)29-15-7-4-8-16-29/h3-27H,1-2H3. The average Bonchev–Trinajstić information content (AvgIpc) is 3.52. The molecular formula is C43H31N. The number of benzene rings is 7. The van der Waals surface area contributed by atoms with Crippen molar-refractivity contribution in [3.63, 3.8) is 0 Å². The monoisotopic (exact) mass is 561 g/mol. The van der Waals surface area contributed by atoms with Crippen LogP contribution in [0.1, 0.15) is 25.0 Å². The Kier molecular flexibility index (Phi) is 5.31. The zero-order valence-electron chi connectivity index (χ0n) is 24.9. The van der Waals surface area contributed by atoms with E-state index < -0.39 is 0 Å². The smallest absolute Gasteiger partial charge is 0.0544 e. The summed E-state index contributed by atoms with van der Waals surface area (Å²) in [5, 5.41) is 5.23. The predicted molar refractivity (Wildman–Crippen MR) is 187 cm³/mol. The van der Waals surface area contributed by atoms with Crippen LogP contribution in [0.25, 0.3) is 71.6 Å². The quantitative estimate of drug-likeness (QED) is 0.202. The second-order valence-electron chi connectivity index (χ2n) is 12.6. The van der Waals surface area contributed by atoms with Gasteiger partial charge in [0, 0.05) is 21.9 Å². The molecule has 0 saturated carbocycles. The third-order valence-electron chi connectivity index (χ3n) is 9.72. The average molecular weight is 562 g/mol. The Morgan fingerprint density at radius 3 is 1.75 bits per heavy atom. The maximum Gasteiger partial charge on any atom is 0.0544 e. The van der Waals surface area contributed by atoms with Crippen molar-refractivity contribution in [1.82, 2.24) is 4.57 Å². The minimum Gasteiger partial charge on any atom is -0.309 e. The van der Waals surface area contributed by atoms with Gasteiger partial charge < -0.3 is 4.57 Å². The van der Waals surface area contributed by atoms with E-state index in [1.165, 1.54) is 82.8 Å². The molecule has 0 unspecified atom stereocenters. The van der Waals surface area contributed by atoms with Crippen molar-refractivity contribution in [2.75, 3.05) is 0 Å². The summed E-state index contributed by atoms with van der Waals surface area (Å²) >= 11 is 0. The number of aromatic nitrogens is 1. The minimum atomic E-state index is -0.123. The zero-order chi connectivity index (χ0) is 29.4. The molecule has 0 bridgehead atoms. The molecule has 1 heterocycles. The van der Waals surface area contributed by atoms with Gasteiger partial charge in [-0.1, -0.05) is 129 Å². The van der Waals surface area contributed by atoms with E-state index in [1.807, 2.05) is 0 Å². The molecule has 0 fully saturated rings. The van der Waals surface area contributed by atoms with E-state index in [0.29, 0.717) is 0 Å². The van der Waals surface area contributed by atoms with E-state index in [1.54, 1.807) is 0 Å². The van der Waals surface area contributed by atoms with Crippen molar-refractivity contribution < 1.29 is 0 Å². The van der Waals surface area contributed by atoms with Crippen LogP contribution in [0.2, 0.25) is 0 Å². The molecule has 1 aliphatic rings. The van der Waals surface area contributed by atoms with Crippen molar-refractivity contribution in [2.45, 2.75) is 19.3 Å². The van der Waals surface area contributed by atoms with Crippen molar-refractivity contribution in [1.29, 1.82) is 0 Å². The molecule has 1 heteroatoms. The third kappa shape index (κ3) is 3.59. The Morgan fingerprint density at radius 1 is 0.432 bits per heavy atom. The van der Waals surface area contributed by atoms with Gasteiger partial charge in [0.05, 0.1) is 11.0 Å². The second kappa shape index (κ2) is 9.30. The normalized spacial score (nSPS) is 13.4. The largest absolute Gasteiger partial charge is 0.309 e. The highest BCUT2D eigenvalue weighted by atomic mass is 15.0. The topological polar surface area (TPSA) is 4.93 Å². The second-order valence-corrected chi connectivity index (χ2v) is 12.6. The van der Waals surface area contributed by atoms with E-state index in [0.717, 1.165) is 0 Å². The Balaban J connectivity index is 1.36. The highest BCUT2D eigenvalue weighted by Gasteiger charge is 2.37. The van der Waals surface area contributed by atoms with Gasteiger partial charge in [-0.15, -0.1) is 0 Å². The Morgan fingerprint density at radius 2 is 1.05 bits per heavy atom. The van der Waals surface area contributed by atoms with E-state index in [-0.39, 0.29) is 5.41 Å². The first-order valence-electron chi connectivity index (χ1n) is 15.4. The fraction of sp³-hybridized carbons (Fsp3) is 0.0698. The summed E-state index contributed by atoms with van der Waals surface area (Å²) in [7, 11) is 0. The molecule has 0 amide bonds. The molecule has 1 nitrogen and oxygen atoms in total. The van der Waals surface area contributed by atoms with Gasteiger partial charge in [-0.25, -0.2) is 0 Å². The van der Waals surface area contributed by atoms with Gasteiger partial charge in [0.25, 0.3) is 0 Å². The molecule has 1 aromatic heterocycles. The summed E-state index contributed by atoms with van der Waals surface area (Å²) in [6.07, 6.45) is 0. The lowest BCUT2D eigenvalue weighted by atomic mass is 9.80. The lowest BCUT2D eigenvalue weighted by molar-refractivity contribution is 0.667. The van der Waals surface area contributed by atoms with Crippen LogP contribution < -0.4 is 0 Å². The van der Waals surface area contributed by atoms with Crippen LogP contribution in [0, 0.1) is 0 Å².